The van der Waals surface area contributed by atoms with Gasteiger partial charge in [-0.25, -0.2) is 8.78 Å². The highest BCUT2D eigenvalue weighted by Gasteiger charge is 2.20. The standard InChI is InChI=1S/C18H15F2NO2/c1-10-13-5-3-4-6-16(13)23-17(10)18(22)21-11(2)12-7-8-14(19)15(20)9-12/h3-9,11H,1-2H3,(H,21,22)/t11-/m1/s1. The third-order valence-corrected chi connectivity index (χ3v) is 3.84. The van der Waals surface area contributed by atoms with E-state index in [1.54, 1.807) is 13.0 Å². The van der Waals surface area contributed by atoms with Crippen LogP contribution in [0.3, 0.4) is 0 Å². The quantitative estimate of drug-likeness (QED) is 0.772. The van der Waals surface area contributed by atoms with E-state index in [1.165, 1.54) is 6.07 Å². The Morgan fingerprint density at radius 1 is 1.13 bits per heavy atom. The molecule has 3 nitrogen and oxygen atoms in total. The molecule has 0 aliphatic carbocycles. The number of nitrogens with one attached hydrogen (secondary N) is 1. The summed E-state index contributed by atoms with van der Waals surface area (Å²) in [5.41, 5.74) is 1.86. The van der Waals surface area contributed by atoms with E-state index in [0.29, 0.717) is 11.1 Å². The van der Waals surface area contributed by atoms with E-state index in [9.17, 15) is 13.6 Å². The predicted molar refractivity (Wildman–Crippen MR) is 83.2 cm³/mol. The fourth-order valence-electron chi connectivity index (χ4n) is 2.52. The van der Waals surface area contributed by atoms with Crippen LogP contribution in [0.15, 0.2) is 46.9 Å². The van der Waals surface area contributed by atoms with E-state index in [1.807, 2.05) is 25.1 Å². The van der Waals surface area contributed by atoms with Gasteiger partial charge in [0.1, 0.15) is 5.58 Å². The zero-order valence-electron chi connectivity index (χ0n) is 12.7. The maximum Gasteiger partial charge on any atom is 0.287 e. The van der Waals surface area contributed by atoms with Crippen molar-refractivity contribution in [1.29, 1.82) is 0 Å². The zero-order chi connectivity index (χ0) is 16.6. The first kappa shape index (κ1) is 15.2. The Hall–Kier alpha value is -2.69. The molecule has 0 saturated carbocycles. The Balaban J connectivity index is 1.85. The average molecular weight is 315 g/mol. The third-order valence-electron chi connectivity index (χ3n) is 3.84. The van der Waals surface area contributed by atoms with Gasteiger partial charge in [-0.05, 0) is 37.6 Å². The van der Waals surface area contributed by atoms with Crippen molar-refractivity contribution in [2.75, 3.05) is 0 Å². The van der Waals surface area contributed by atoms with E-state index in [-0.39, 0.29) is 5.76 Å². The smallest absolute Gasteiger partial charge is 0.287 e. The van der Waals surface area contributed by atoms with Crippen molar-refractivity contribution in [1.82, 2.24) is 5.32 Å². The lowest BCUT2D eigenvalue weighted by Crippen LogP contribution is -2.26. The van der Waals surface area contributed by atoms with Gasteiger partial charge in [-0.1, -0.05) is 24.3 Å². The van der Waals surface area contributed by atoms with Crippen molar-refractivity contribution in [2.45, 2.75) is 19.9 Å². The van der Waals surface area contributed by atoms with Gasteiger partial charge in [-0.2, -0.15) is 0 Å². The van der Waals surface area contributed by atoms with Gasteiger partial charge in [0.2, 0.25) is 0 Å². The van der Waals surface area contributed by atoms with E-state index >= 15 is 0 Å². The van der Waals surface area contributed by atoms with Crippen LogP contribution < -0.4 is 5.32 Å². The SMILES string of the molecule is Cc1c(C(=O)N[C@H](C)c2ccc(F)c(F)c2)oc2ccccc12. The maximum absolute atomic E-state index is 13.3. The number of benzene rings is 2. The molecule has 3 rings (SSSR count). The zero-order valence-corrected chi connectivity index (χ0v) is 12.7. The Morgan fingerprint density at radius 2 is 1.87 bits per heavy atom. The van der Waals surface area contributed by atoms with Crippen LogP contribution in [0.1, 0.15) is 34.6 Å². The molecule has 3 aromatic rings. The van der Waals surface area contributed by atoms with Gasteiger partial charge in [0.05, 0.1) is 6.04 Å². The summed E-state index contributed by atoms with van der Waals surface area (Å²) in [6.07, 6.45) is 0. The minimum Gasteiger partial charge on any atom is -0.451 e. The molecule has 23 heavy (non-hydrogen) atoms. The second kappa shape index (κ2) is 5.83. The number of hydrogen-bond donors (Lipinski definition) is 1. The van der Waals surface area contributed by atoms with Crippen LogP contribution in [0.4, 0.5) is 8.78 Å². The minimum absolute atomic E-state index is 0.223. The van der Waals surface area contributed by atoms with Crippen molar-refractivity contribution in [2.24, 2.45) is 0 Å². The van der Waals surface area contributed by atoms with E-state index < -0.39 is 23.6 Å². The number of aryl methyl sites for hydroxylation is 1. The van der Waals surface area contributed by atoms with Crippen LogP contribution >= 0.6 is 0 Å². The molecule has 118 valence electrons. The van der Waals surface area contributed by atoms with Crippen LogP contribution in [0.2, 0.25) is 0 Å². The second-order valence-electron chi connectivity index (χ2n) is 5.42. The molecule has 0 spiro atoms. The fourth-order valence-corrected chi connectivity index (χ4v) is 2.52. The molecule has 1 N–H and O–H groups in total. The van der Waals surface area contributed by atoms with Gasteiger partial charge in [0, 0.05) is 10.9 Å². The molecule has 0 bridgehead atoms. The lowest BCUT2D eigenvalue weighted by Gasteiger charge is -2.14. The number of furan rings is 1. The molecule has 1 amide bonds. The van der Waals surface area contributed by atoms with Gasteiger partial charge < -0.3 is 9.73 Å². The summed E-state index contributed by atoms with van der Waals surface area (Å²) in [5.74, 6) is -2.03. The van der Waals surface area contributed by atoms with E-state index in [0.717, 1.165) is 23.1 Å². The number of rotatable bonds is 3. The number of hydrogen-bond acceptors (Lipinski definition) is 2. The van der Waals surface area contributed by atoms with Gasteiger partial charge in [-0.3, -0.25) is 4.79 Å². The molecule has 1 heterocycles. The van der Waals surface area contributed by atoms with Crippen LogP contribution in [0.25, 0.3) is 11.0 Å². The summed E-state index contributed by atoms with van der Waals surface area (Å²) < 4.78 is 31.9. The molecule has 5 heteroatoms. The summed E-state index contributed by atoms with van der Waals surface area (Å²) in [6.45, 7) is 3.51. The van der Waals surface area contributed by atoms with Gasteiger partial charge in [0.25, 0.3) is 5.91 Å². The van der Waals surface area contributed by atoms with Crippen molar-refractivity contribution in [3.8, 4) is 0 Å². The van der Waals surface area contributed by atoms with E-state index in [2.05, 4.69) is 5.32 Å². The topological polar surface area (TPSA) is 42.2 Å². The highest BCUT2D eigenvalue weighted by Crippen LogP contribution is 2.25. The van der Waals surface area contributed by atoms with Gasteiger partial charge in [0.15, 0.2) is 17.4 Å². The first-order valence-corrected chi connectivity index (χ1v) is 7.21. The highest BCUT2D eigenvalue weighted by molar-refractivity contribution is 5.99. The summed E-state index contributed by atoms with van der Waals surface area (Å²) in [4.78, 5) is 12.4. The number of fused-ring (bicyclic) bond motifs is 1. The maximum atomic E-state index is 13.3. The van der Waals surface area contributed by atoms with Crippen LogP contribution in [-0.2, 0) is 0 Å². The second-order valence-corrected chi connectivity index (χ2v) is 5.42. The number of carbonyl (C=O) groups excluding carboxylic acids is 1. The monoisotopic (exact) mass is 315 g/mol. The number of carbonyl (C=O) groups is 1. The predicted octanol–water partition coefficient (Wildman–Crippen LogP) is 4.51. The highest BCUT2D eigenvalue weighted by atomic mass is 19.2. The Morgan fingerprint density at radius 3 is 2.57 bits per heavy atom. The Labute approximate surface area is 131 Å². The molecular weight excluding hydrogens is 300 g/mol. The molecule has 0 aliphatic heterocycles. The molecule has 0 saturated heterocycles. The number of amides is 1. The molecule has 0 unspecified atom stereocenters. The third kappa shape index (κ3) is 2.82. The largest absolute Gasteiger partial charge is 0.451 e. The Kier molecular flexibility index (Phi) is 3.86. The summed E-state index contributed by atoms with van der Waals surface area (Å²) in [7, 11) is 0. The van der Waals surface area contributed by atoms with Crippen molar-refractivity contribution < 1.29 is 18.0 Å². The lowest BCUT2D eigenvalue weighted by molar-refractivity contribution is 0.0913. The fraction of sp³-hybridized carbons (Fsp3) is 0.167. The van der Waals surface area contributed by atoms with Crippen LogP contribution in [0, 0.1) is 18.6 Å². The van der Waals surface area contributed by atoms with Gasteiger partial charge >= 0.3 is 0 Å². The summed E-state index contributed by atoms with van der Waals surface area (Å²) >= 11 is 0. The normalized spacial score (nSPS) is 12.3. The van der Waals surface area contributed by atoms with Crippen LogP contribution in [-0.4, -0.2) is 5.91 Å². The van der Waals surface area contributed by atoms with Crippen molar-refractivity contribution in [3.63, 3.8) is 0 Å². The molecule has 0 radical (unpaired) electrons. The molecular formula is C18H15F2NO2. The first-order chi connectivity index (χ1) is 11.0. The molecule has 2 aromatic carbocycles. The number of para-hydroxylation sites is 1. The van der Waals surface area contributed by atoms with Crippen molar-refractivity contribution in [3.05, 3.63) is 71.0 Å². The lowest BCUT2D eigenvalue weighted by atomic mass is 10.1. The van der Waals surface area contributed by atoms with Gasteiger partial charge in [-0.15, -0.1) is 0 Å². The summed E-state index contributed by atoms with van der Waals surface area (Å²) in [6, 6.07) is 10.4. The Bertz CT molecular complexity index is 886. The number of halogens is 2. The molecule has 0 fully saturated rings. The van der Waals surface area contributed by atoms with Crippen LogP contribution in [0.5, 0.6) is 0 Å². The molecule has 1 aromatic heterocycles. The van der Waals surface area contributed by atoms with E-state index in [4.69, 9.17) is 4.42 Å². The average Bonchev–Trinajstić information content (AvgIpc) is 2.87. The molecule has 0 aliphatic rings. The minimum atomic E-state index is -0.941. The first-order valence-electron chi connectivity index (χ1n) is 7.21. The molecule has 1 atom stereocenters. The van der Waals surface area contributed by atoms with Crippen molar-refractivity contribution >= 4 is 16.9 Å². The summed E-state index contributed by atoms with van der Waals surface area (Å²) in [5, 5.41) is 3.61.